The Labute approximate surface area is 142 Å². The van der Waals surface area contributed by atoms with Gasteiger partial charge in [0.05, 0.1) is 24.4 Å². The van der Waals surface area contributed by atoms with E-state index >= 15 is 0 Å². The Morgan fingerprint density at radius 3 is 2.92 bits per heavy atom. The number of methoxy groups -OCH3 is 1. The normalized spacial score (nSPS) is 10.4. The molecule has 0 aliphatic heterocycles. The molecule has 0 saturated carbocycles. The second-order valence-corrected chi connectivity index (χ2v) is 5.83. The van der Waals surface area contributed by atoms with Gasteiger partial charge in [0.15, 0.2) is 5.16 Å². The summed E-state index contributed by atoms with van der Waals surface area (Å²) in [5, 5.41) is 17.4. The highest BCUT2D eigenvalue weighted by Gasteiger charge is 2.10. The first-order chi connectivity index (χ1) is 11.7. The van der Waals surface area contributed by atoms with Crippen molar-refractivity contribution in [2.75, 3.05) is 7.11 Å². The van der Waals surface area contributed by atoms with Crippen LogP contribution in [0.3, 0.4) is 0 Å². The van der Waals surface area contributed by atoms with Crippen LogP contribution in [0.2, 0.25) is 0 Å². The predicted octanol–water partition coefficient (Wildman–Crippen LogP) is 3.58. The number of hydrogen-bond acceptors (Lipinski definition) is 5. The van der Waals surface area contributed by atoms with Gasteiger partial charge in [-0.05, 0) is 29.8 Å². The predicted molar refractivity (Wildman–Crippen MR) is 88.6 cm³/mol. The van der Waals surface area contributed by atoms with Gasteiger partial charge < -0.3 is 4.74 Å². The lowest BCUT2D eigenvalue weighted by atomic mass is 10.1. The van der Waals surface area contributed by atoms with Crippen molar-refractivity contribution in [3.8, 4) is 17.5 Å². The van der Waals surface area contributed by atoms with Crippen LogP contribution in [-0.4, -0.2) is 21.9 Å². The number of benzene rings is 2. The molecule has 7 heteroatoms. The molecule has 0 unspecified atom stereocenters. The average molecular weight is 340 g/mol. The SMILES string of the molecule is COc1cccc(-n2cnnc2SCc2ccc(C#N)cc2F)c1. The first kappa shape index (κ1) is 16.0. The van der Waals surface area contributed by atoms with Crippen LogP contribution in [0.4, 0.5) is 4.39 Å². The second kappa shape index (κ2) is 7.15. The number of halogens is 1. The van der Waals surface area contributed by atoms with E-state index in [-0.39, 0.29) is 0 Å². The van der Waals surface area contributed by atoms with Gasteiger partial charge >= 0.3 is 0 Å². The summed E-state index contributed by atoms with van der Waals surface area (Å²) in [6, 6.07) is 13.9. The van der Waals surface area contributed by atoms with Crippen molar-refractivity contribution in [1.29, 1.82) is 5.26 Å². The zero-order valence-corrected chi connectivity index (χ0v) is 13.6. The molecule has 0 aliphatic rings. The molecule has 3 rings (SSSR count). The van der Waals surface area contributed by atoms with E-state index in [0.717, 1.165) is 11.4 Å². The van der Waals surface area contributed by atoms with Crippen LogP contribution in [0, 0.1) is 17.1 Å². The van der Waals surface area contributed by atoms with Crippen molar-refractivity contribution in [3.63, 3.8) is 0 Å². The number of hydrogen-bond donors (Lipinski definition) is 0. The summed E-state index contributed by atoms with van der Waals surface area (Å²) in [5.41, 5.74) is 1.68. The van der Waals surface area contributed by atoms with Crippen LogP contribution >= 0.6 is 11.8 Å². The Morgan fingerprint density at radius 2 is 2.17 bits per heavy atom. The third kappa shape index (κ3) is 3.39. The maximum atomic E-state index is 14.0. The lowest BCUT2D eigenvalue weighted by molar-refractivity contribution is 0.414. The monoisotopic (exact) mass is 340 g/mol. The minimum Gasteiger partial charge on any atom is -0.497 e. The molecular formula is C17H13FN4OS. The fraction of sp³-hybridized carbons (Fsp3) is 0.118. The highest BCUT2D eigenvalue weighted by atomic mass is 32.2. The first-order valence-corrected chi connectivity index (χ1v) is 8.05. The Balaban J connectivity index is 1.80. The summed E-state index contributed by atoms with van der Waals surface area (Å²) in [5.74, 6) is 0.726. The molecule has 5 nitrogen and oxygen atoms in total. The van der Waals surface area contributed by atoms with E-state index in [1.165, 1.54) is 17.8 Å². The fourth-order valence-corrected chi connectivity index (χ4v) is 3.05. The van der Waals surface area contributed by atoms with Crippen molar-refractivity contribution in [1.82, 2.24) is 14.8 Å². The van der Waals surface area contributed by atoms with Crippen LogP contribution < -0.4 is 4.74 Å². The van der Waals surface area contributed by atoms with E-state index in [2.05, 4.69) is 10.2 Å². The zero-order chi connectivity index (χ0) is 16.9. The molecule has 0 atom stereocenters. The number of ether oxygens (including phenoxy) is 1. The van der Waals surface area contributed by atoms with Crippen molar-refractivity contribution in [2.45, 2.75) is 10.9 Å². The second-order valence-electron chi connectivity index (χ2n) is 4.89. The van der Waals surface area contributed by atoms with Crippen molar-refractivity contribution < 1.29 is 9.13 Å². The van der Waals surface area contributed by atoms with Crippen molar-refractivity contribution in [2.24, 2.45) is 0 Å². The third-order valence-corrected chi connectivity index (χ3v) is 4.38. The molecule has 0 spiro atoms. The molecule has 0 fully saturated rings. The van der Waals surface area contributed by atoms with Gasteiger partial charge in [0, 0.05) is 11.8 Å². The molecule has 0 N–H and O–H groups in total. The van der Waals surface area contributed by atoms with E-state index in [0.29, 0.717) is 22.0 Å². The maximum absolute atomic E-state index is 14.0. The number of nitriles is 1. The molecule has 120 valence electrons. The quantitative estimate of drug-likeness (QED) is 0.664. The van der Waals surface area contributed by atoms with Crippen LogP contribution in [0.1, 0.15) is 11.1 Å². The molecule has 0 aliphatic carbocycles. The summed E-state index contributed by atoms with van der Waals surface area (Å²) >= 11 is 1.37. The molecule has 0 saturated heterocycles. The summed E-state index contributed by atoms with van der Waals surface area (Å²) in [6.07, 6.45) is 1.60. The van der Waals surface area contributed by atoms with Crippen LogP contribution in [-0.2, 0) is 5.75 Å². The summed E-state index contributed by atoms with van der Waals surface area (Å²) in [6.45, 7) is 0. The molecule has 24 heavy (non-hydrogen) atoms. The first-order valence-electron chi connectivity index (χ1n) is 7.07. The summed E-state index contributed by atoms with van der Waals surface area (Å²) < 4.78 is 21.0. The van der Waals surface area contributed by atoms with E-state index in [4.69, 9.17) is 10.00 Å². The highest BCUT2D eigenvalue weighted by Crippen LogP contribution is 2.26. The van der Waals surface area contributed by atoms with Gasteiger partial charge in [-0.15, -0.1) is 10.2 Å². The van der Waals surface area contributed by atoms with Crippen LogP contribution in [0.15, 0.2) is 53.9 Å². The Hall–Kier alpha value is -2.85. The molecular weight excluding hydrogens is 327 g/mol. The van der Waals surface area contributed by atoms with Crippen molar-refractivity contribution >= 4 is 11.8 Å². The lowest BCUT2D eigenvalue weighted by Gasteiger charge is -2.08. The van der Waals surface area contributed by atoms with Crippen molar-refractivity contribution in [3.05, 3.63) is 65.7 Å². The topological polar surface area (TPSA) is 63.7 Å². The van der Waals surface area contributed by atoms with Gasteiger partial charge in [0.2, 0.25) is 0 Å². The van der Waals surface area contributed by atoms with Gasteiger partial charge in [-0.3, -0.25) is 4.57 Å². The number of aromatic nitrogens is 3. The van der Waals surface area contributed by atoms with Gasteiger partial charge in [0.1, 0.15) is 17.9 Å². The van der Waals surface area contributed by atoms with E-state index < -0.39 is 5.82 Å². The lowest BCUT2D eigenvalue weighted by Crippen LogP contribution is -1.97. The summed E-state index contributed by atoms with van der Waals surface area (Å²) in [4.78, 5) is 0. The van der Waals surface area contributed by atoms with Gasteiger partial charge in [-0.2, -0.15) is 5.26 Å². The minimum atomic E-state index is -0.394. The third-order valence-electron chi connectivity index (χ3n) is 3.39. The van der Waals surface area contributed by atoms with E-state index in [9.17, 15) is 4.39 Å². The minimum absolute atomic E-state index is 0.306. The Morgan fingerprint density at radius 1 is 1.29 bits per heavy atom. The van der Waals surface area contributed by atoms with E-state index in [1.54, 1.807) is 25.6 Å². The smallest absolute Gasteiger partial charge is 0.195 e. The van der Waals surface area contributed by atoms with Crippen LogP contribution in [0.5, 0.6) is 5.75 Å². The fourth-order valence-electron chi connectivity index (χ4n) is 2.14. The molecule has 0 radical (unpaired) electrons. The molecule has 1 heterocycles. The number of thioether (sulfide) groups is 1. The zero-order valence-electron chi connectivity index (χ0n) is 12.8. The molecule has 0 bridgehead atoms. The largest absolute Gasteiger partial charge is 0.497 e. The van der Waals surface area contributed by atoms with Gasteiger partial charge in [0.25, 0.3) is 0 Å². The Kier molecular flexibility index (Phi) is 4.77. The van der Waals surface area contributed by atoms with Gasteiger partial charge in [-0.25, -0.2) is 4.39 Å². The average Bonchev–Trinajstić information content (AvgIpc) is 3.09. The number of rotatable bonds is 5. The molecule has 3 aromatic rings. The highest BCUT2D eigenvalue weighted by molar-refractivity contribution is 7.98. The standard InChI is InChI=1S/C17H13FN4OS/c1-23-15-4-2-3-14(8-15)22-11-20-21-17(22)24-10-13-6-5-12(9-19)7-16(13)18/h2-8,11H,10H2,1H3. The van der Waals surface area contributed by atoms with Gasteiger partial charge in [-0.1, -0.05) is 23.9 Å². The number of nitrogens with zero attached hydrogens (tertiary/aromatic N) is 4. The van der Waals surface area contributed by atoms with Crippen LogP contribution in [0.25, 0.3) is 5.69 Å². The molecule has 1 aromatic heterocycles. The molecule has 2 aromatic carbocycles. The Bertz CT molecular complexity index is 904. The van der Waals surface area contributed by atoms with E-state index in [1.807, 2.05) is 34.9 Å². The molecule has 0 amide bonds. The maximum Gasteiger partial charge on any atom is 0.195 e. The summed E-state index contributed by atoms with van der Waals surface area (Å²) in [7, 11) is 1.61.